The lowest BCUT2D eigenvalue weighted by Gasteiger charge is -2.13. The fourth-order valence-corrected chi connectivity index (χ4v) is 2.32. The Kier molecular flexibility index (Phi) is 4.46. The molecule has 0 spiro atoms. The molecule has 1 unspecified atom stereocenters. The number of para-hydroxylation sites is 1. The minimum atomic E-state index is -0.148. The summed E-state index contributed by atoms with van der Waals surface area (Å²) in [5.74, 6) is -0.101. The van der Waals surface area contributed by atoms with Crippen molar-refractivity contribution < 1.29 is 4.79 Å². The van der Waals surface area contributed by atoms with Crippen LogP contribution in [0.4, 0.5) is 5.69 Å². The van der Waals surface area contributed by atoms with Gasteiger partial charge < -0.3 is 5.32 Å². The van der Waals surface area contributed by atoms with Crippen LogP contribution in [-0.4, -0.2) is 5.91 Å². The molecule has 20 heavy (non-hydrogen) atoms. The molecular weight excluding hydrogens is 270 g/mol. The molecule has 2 nitrogen and oxygen atoms in total. The SMILES string of the molecule is Cc1ccc(C)c(C(=O)Nc2ccccc2C(C)Cl)c1. The molecule has 0 saturated heterocycles. The third kappa shape index (κ3) is 3.20. The van der Waals surface area contributed by atoms with Gasteiger partial charge in [-0.3, -0.25) is 4.79 Å². The number of carbonyl (C=O) groups excluding carboxylic acids is 1. The highest BCUT2D eigenvalue weighted by atomic mass is 35.5. The zero-order valence-corrected chi connectivity index (χ0v) is 12.7. The van der Waals surface area contributed by atoms with E-state index in [1.165, 1.54) is 0 Å². The number of rotatable bonds is 3. The lowest BCUT2D eigenvalue weighted by molar-refractivity contribution is 0.102. The van der Waals surface area contributed by atoms with Gasteiger partial charge in [-0.2, -0.15) is 0 Å². The molecule has 0 heterocycles. The van der Waals surface area contributed by atoms with Crippen molar-refractivity contribution in [2.75, 3.05) is 5.32 Å². The fraction of sp³-hybridized carbons (Fsp3) is 0.235. The molecule has 0 aromatic heterocycles. The predicted octanol–water partition coefficient (Wildman–Crippen LogP) is 4.86. The highest BCUT2D eigenvalue weighted by Crippen LogP contribution is 2.27. The van der Waals surface area contributed by atoms with E-state index in [1.807, 2.05) is 63.2 Å². The van der Waals surface area contributed by atoms with Crippen LogP contribution in [0.2, 0.25) is 0 Å². The van der Waals surface area contributed by atoms with Crippen molar-refractivity contribution in [3.8, 4) is 0 Å². The molecule has 1 amide bonds. The first-order valence-electron chi connectivity index (χ1n) is 6.60. The van der Waals surface area contributed by atoms with Crippen LogP contribution in [0.3, 0.4) is 0 Å². The zero-order valence-electron chi connectivity index (χ0n) is 11.9. The van der Waals surface area contributed by atoms with Gasteiger partial charge in [-0.25, -0.2) is 0 Å². The lowest BCUT2D eigenvalue weighted by atomic mass is 10.0. The molecule has 0 aliphatic rings. The molecule has 0 radical (unpaired) electrons. The third-order valence-corrected chi connectivity index (χ3v) is 3.51. The molecule has 0 aliphatic carbocycles. The third-order valence-electron chi connectivity index (χ3n) is 3.28. The van der Waals surface area contributed by atoms with Crippen LogP contribution in [0, 0.1) is 13.8 Å². The summed E-state index contributed by atoms with van der Waals surface area (Å²) in [4.78, 5) is 12.4. The van der Waals surface area contributed by atoms with E-state index >= 15 is 0 Å². The number of carbonyl (C=O) groups is 1. The van der Waals surface area contributed by atoms with Crippen molar-refractivity contribution in [3.63, 3.8) is 0 Å². The number of benzene rings is 2. The molecular formula is C17H18ClNO. The van der Waals surface area contributed by atoms with Gasteiger partial charge in [0.1, 0.15) is 0 Å². The topological polar surface area (TPSA) is 29.1 Å². The summed E-state index contributed by atoms with van der Waals surface area (Å²) in [6.07, 6.45) is 0. The first kappa shape index (κ1) is 14.6. The quantitative estimate of drug-likeness (QED) is 0.803. The zero-order chi connectivity index (χ0) is 14.7. The molecule has 0 aliphatic heterocycles. The van der Waals surface area contributed by atoms with Crippen molar-refractivity contribution >= 4 is 23.2 Å². The van der Waals surface area contributed by atoms with E-state index in [1.54, 1.807) is 0 Å². The van der Waals surface area contributed by atoms with Crippen molar-refractivity contribution in [2.45, 2.75) is 26.1 Å². The maximum absolute atomic E-state index is 12.4. The van der Waals surface area contributed by atoms with E-state index < -0.39 is 0 Å². The Balaban J connectivity index is 2.31. The van der Waals surface area contributed by atoms with Gasteiger partial charge in [0, 0.05) is 11.3 Å². The number of halogens is 1. The van der Waals surface area contributed by atoms with Crippen LogP contribution in [0.15, 0.2) is 42.5 Å². The average Bonchev–Trinajstić information content (AvgIpc) is 2.41. The predicted molar refractivity (Wildman–Crippen MR) is 84.6 cm³/mol. The number of hydrogen-bond donors (Lipinski definition) is 1. The lowest BCUT2D eigenvalue weighted by Crippen LogP contribution is -2.15. The van der Waals surface area contributed by atoms with Gasteiger partial charge in [0.25, 0.3) is 5.91 Å². The standard InChI is InChI=1S/C17H18ClNO/c1-11-8-9-12(2)15(10-11)17(20)19-16-7-5-4-6-14(16)13(3)18/h4-10,13H,1-3H3,(H,19,20). The van der Waals surface area contributed by atoms with E-state index in [-0.39, 0.29) is 11.3 Å². The Labute approximate surface area is 124 Å². The molecule has 2 aromatic rings. The molecule has 3 heteroatoms. The summed E-state index contributed by atoms with van der Waals surface area (Å²) in [7, 11) is 0. The maximum Gasteiger partial charge on any atom is 0.255 e. The van der Waals surface area contributed by atoms with E-state index in [2.05, 4.69) is 5.32 Å². The highest BCUT2D eigenvalue weighted by molar-refractivity contribution is 6.21. The molecule has 0 fully saturated rings. The van der Waals surface area contributed by atoms with Gasteiger partial charge in [0.05, 0.1) is 5.38 Å². The van der Waals surface area contributed by atoms with Crippen LogP contribution >= 0.6 is 11.6 Å². The minimum Gasteiger partial charge on any atom is -0.322 e. The Morgan fingerprint density at radius 1 is 1.15 bits per heavy atom. The summed E-state index contributed by atoms with van der Waals surface area (Å²) < 4.78 is 0. The number of anilines is 1. The van der Waals surface area contributed by atoms with Crippen LogP contribution < -0.4 is 5.32 Å². The van der Waals surface area contributed by atoms with Gasteiger partial charge in [-0.05, 0) is 44.0 Å². The normalized spacial score (nSPS) is 12.0. The summed E-state index contributed by atoms with van der Waals surface area (Å²) >= 11 is 6.14. The molecule has 1 atom stereocenters. The first-order valence-corrected chi connectivity index (χ1v) is 7.04. The smallest absolute Gasteiger partial charge is 0.255 e. The number of nitrogens with one attached hydrogen (secondary N) is 1. The van der Waals surface area contributed by atoms with Gasteiger partial charge in [0.15, 0.2) is 0 Å². The molecule has 0 bridgehead atoms. The van der Waals surface area contributed by atoms with E-state index in [0.717, 1.165) is 22.4 Å². The van der Waals surface area contributed by atoms with Crippen molar-refractivity contribution in [1.82, 2.24) is 0 Å². The van der Waals surface area contributed by atoms with Gasteiger partial charge in [-0.1, -0.05) is 35.9 Å². The van der Waals surface area contributed by atoms with Crippen LogP contribution in [0.25, 0.3) is 0 Å². The minimum absolute atomic E-state index is 0.101. The van der Waals surface area contributed by atoms with Crippen molar-refractivity contribution in [3.05, 3.63) is 64.7 Å². The maximum atomic E-state index is 12.4. The second-order valence-corrected chi connectivity index (χ2v) is 5.63. The Bertz CT molecular complexity index is 635. The van der Waals surface area contributed by atoms with Gasteiger partial charge >= 0.3 is 0 Å². The average molecular weight is 288 g/mol. The second-order valence-electron chi connectivity index (χ2n) is 4.98. The van der Waals surface area contributed by atoms with Crippen LogP contribution in [0.1, 0.15) is 39.3 Å². The Morgan fingerprint density at radius 2 is 1.85 bits per heavy atom. The molecule has 2 aromatic carbocycles. The number of hydrogen-bond acceptors (Lipinski definition) is 1. The number of amides is 1. The first-order chi connectivity index (χ1) is 9.49. The second kappa shape index (κ2) is 6.10. The van der Waals surface area contributed by atoms with Crippen molar-refractivity contribution in [2.24, 2.45) is 0 Å². The van der Waals surface area contributed by atoms with Crippen molar-refractivity contribution in [1.29, 1.82) is 0 Å². The number of alkyl halides is 1. The summed E-state index contributed by atoms with van der Waals surface area (Å²) in [5, 5.41) is 2.80. The van der Waals surface area contributed by atoms with Crippen LogP contribution in [0.5, 0.6) is 0 Å². The monoisotopic (exact) mass is 287 g/mol. The molecule has 2 rings (SSSR count). The van der Waals surface area contributed by atoms with Gasteiger partial charge in [0.2, 0.25) is 0 Å². The molecule has 104 valence electrons. The summed E-state index contributed by atoms with van der Waals surface area (Å²) in [5.41, 5.74) is 4.42. The number of aryl methyl sites for hydroxylation is 2. The Hall–Kier alpha value is -1.80. The largest absolute Gasteiger partial charge is 0.322 e. The van der Waals surface area contributed by atoms with E-state index in [0.29, 0.717) is 5.56 Å². The fourth-order valence-electron chi connectivity index (χ4n) is 2.13. The Morgan fingerprint density at radius 3 is 2.55 bits per heavy atom. The van der Waals surface area contributed by atoms with Crippen LogP contribution in [-0.2, 0) is 0 Å². The summed E-state index contributed by atoms with van der Waals surface area (Å²) in [6.45, 7) is 5.81. The molecule has 1 N–H and O–H groups in total. The summed E-state index contributed by atoms with van der Waals surface area (Å²) in [6, 6.07) is 13.5. The van der Waals surface area contributed by atoms with Gasteiger partial charge in [-0.15, -0.1) is 11.6 Å². The highest BCUT2D eigenvalue weighted by Gasteiger charge is 2.13. The molecule has 0 saturated carbocycles. The van der Waals surface area contributed by atoms with E-state index in [4.69, 9.17) is 11.6 Å². The van der Waals surface area contributed by atoms with E-state index in [9.17, 15) is 4.79 Å².